The van der Waals surface area contributed by atoms with Gasteiger partial charge in [0.2, 0.25) is 0 Å². The molecule has 0 aromatic carbocycles. The van der Waals surface area contributed by atoms with Gasteiger partial charge in [-0.3, -0.25) is 4.79 Å². The molecule has 100 valence electrons. The Balaban J connectivity index is 2.27. The molecule has 0 spiro atoms. The van der Waals surface area contributed by atoms with Crippen molar-refractivity contribution in [3.8, 4) is 0 Å². The number of hydrogen-bond acceptors (Lipinski definition) is 3. The van der Waals surface area contributed by atoms with Gasteiger partial charge in [-0.2, -0.15) is 0 Å². The quantitative estimate of drug-likeness (QED) is 0.525. The number of rotatable bonds is 8. The Hall–Kier alpha value is -0.570. The number of unbranched alkanes of at least 4 members (excludes halogenated alkanes) is 2. The molecule has 1 aliphatic carbocycles. The summed E-state index contributed by atoms with van der Waals surface area (Å²) in [5.41, 5.74) is 5.68. The highest BCUT2D eigenvalue weighted by Gasteiger charge is 2.38. The molecule has 0 amide bonds. The van der Waals surface area contributed by atoms with Crippen molar-refractivity contribution >= 4 is 5.97 Å². The van der Waals surface area contributed by atoms with Crippen molar-refractivity contribution in [2.24, 2.45) is 23.5 Å². The first kappa shape index (κ1) is 14.5. The maximum Gasteiger partial charge on any atom is 0.308 e. The van der Waals surface area contributed by atoms with Crippen LogP contribution >= 0.6 is 0 Å². The molecule has 3 nitrogen and oxygen atoms in total. The Morgan fingerprint density at radius 2 is 2.06 bits per heavy atom. The maximum absolute atomic E-state index is 11.3. The van der Waals surface area contributed by atoms with Crippen molar-refractivity contribution in [3.63, 3.8) is 0 Å². The van der Waals surface area contributed by atoms with E-state index < -0.39 is 0 Å². The predicted molar refractivity (Wildman–Crippen MR) is 69.5 cm³/mol. The van der Waals surface area contributed by atoms with Crippen LogP contribution in [0.4, 0.5) is 0 Å². The molecule has 0 bridgehead atoms. The topological polar surface area (TPSA) is 52.3 Å². The fraction of sp³-hybridized carbons (Fsp3) is 0.929. The molecule has 0 saturated heterocycles. The lowest BCUT2D eigenvalue weighted by atomic mass is 9.66. The fourth-order valence-corrected chi connectivity index (χ4v) is 2.89. The SMILES string of the molecule is CCCCCC(CCN)C1CC(C(=O)OC)C1. The van der Waals surface area contributed by atoms with E-state index in [1.165, 1.54) is 32.8 Å². The summed E-state index contributed by atoms with van der Waals surface area (Å²) in [7, 11) is 1.48. The second kappa shape index (κ2) is 7.70. The number of ether oxygens (including phenoxy) is 1. The van der Waals surface area contributed by atoms with Crippen molar-refractivity contribution in [2.75, 3.05) is 13.7 Å². The molecule has 0 aromatic heterocycles. The van der Waals surface area contributed by atoms with Crippen LogP contribution in [0.5, 0.6) is 0 Å². The number of nitrogens with two attached hydrogens (primary N) is 1. The average Bonchev–Trinajstić information content (AvgIpc) is 2.27. The minimum Gasteiger partial charge on any atom is -0.469 e. The molecule has 1 unspecified atom stereocenters. The minimum atomic E-state index is -0.0266. The molecule has 1 aliphatic rings. The summed E-state index contributed by atoms with van der Waals surface area (Å²) in [6, 6.07) is 0. The summed E-state index contributed by atoms with van der Waals surface area (Å²) in [5.74, 6) is 1.57. The molecule has 1 fully saturated rings. The van der Waals surface area contributed by atoms with Gasteiger partial charge in [-0.05, 0) is 37.6 Å². The van der Waals surface area contributed by atoms with Gasteiger partial charge in [0, 0.05) is 0 Å². The third-order valence-corrected chi connectivity index (χ3v) is 4.09. The number of hydrogen-bond donors (Lipinski definition) is 1. The Morgan fingerprint density at radius 3 is 2.59 bits per heavy atom. The third-order valence-electron chi connectivity index (χ3n) is 4.09. The van der Waals surface area contributed by atoms with Crippen molar-refractivity contribution in [1.29, 1.82) is 0 Å². The molecule has 0 heterocycles. The van der Waals surface area contributed by atoms with Crippen LogP contribution in [0.3, 0.4) is 0 Å². The van der Waals surface area contributed by atoms with Crippen LogP contribution in [0.1, 0.15) is 51.9 Å². The second-order valence-electron chi connectivity index (χ2n) is 5.28. The van der Waals surface area contributed by atoms with Crippen LogP contribution in [0.25, 0.3) is 0 Å². The Kier molecular flexibility index (Phi) is 6.56. The highest BCUT2D eigenvalue weighted by molar-refractivity contribution is 5.73. The first-order chi connectivity index (χ1) is 8.22. The predicted octanol–water partition coefficient (Wildman–Crippen LogP) is 2.73. The van der Waals surface area contributed by atoms with E-state index >= 15 is 0 Å². The lowest BCUT2D eigenvalue weighted by molar-refractivity contribution is -0.151. The normalized spacial score (nSPS) is 25.1. The molecule has 1 rings (SSSR count). The molecule has 17 heavy (non-hydrogen) atoms. The van der Waals surface area contributed by atoms with E-state index in [0.29, 0.717) is 5.92 Å². The van der Waals surface area contributed by atoms with E-state index in [4.69, 9.17) is 10.5 Å². The Bertz CT molecular complexity index is 224. The zero-order valence-electron chi connectivity index (χ0n) is 11.3. The highest BCUT2D eigenvalue weighted by atomic mass is 16.5. The molecule has 1 saturated carbocycles. The van der Waals surface area contributed by atoms with Crippen LogP contribution < -0.4 is 5.73 Å². The van der Waals surface area contributed by atoms with Crippen LogP contribution in [-0.4, -0.2) is 19.6 Å². The van der Waals surface area contributed by atoms with Gasteiger partial charge >= 0.3 is 5.97 Å². The minimum absolute atomic E-state index is 0.0266. The monoisotopic (exact) mass is 241 g/mol. The fourth-order valence-electron chi connectivity index (χ4n) is 2.89. The number of esters is 1. The zero-order valence-corrected chi connectivity index (χ0v) is 11.3. The molecule has 0 aromatic rings. The van der Waals surface area contributed by atoms with Crippen molar-refractivity contribution in [1.82, 2.24) is 0 Å². The second-order valence-corrected chi connectivity index (χ2v) is 5.28. The van der Waals surface area contributed by atoms with Gasteiger partial charge in [0.25, 0.3) is 0 Å². The summed E-state index contributed by atoms with van der Waals surface area (Å²) in [4.78, 5) is 11.3. The molecule has 0 aliphatic heterocycles. The number of carbonyl (C=O) groups is 1. The number of carbonyl (C=O) groups excluding carboxylic acids is 1. The van der Waals surface area contributed by atoms with Crippen LogP contribution in [0, 0.1) is 17.8 Å². The lowest BCUT2D eigenvalue weighted by Crippen LogP contribution is -2.36. The van der Waals surface area contributed by atoms with E-state index in [1.807, 2.05) is 0 Å². The Morgan fingerprint density at radius 1 is 1.35 bits per heavy atom. The van der Waals surface area contributed by atoms with Gasteiger partial charge in [0.15, 0.2) is 0 Å². The molecular formula is C14H27NO2. The summed E-state index contributed by atoms with van der Waals surface area (Å²) in [6.45, 7) is 3.00. The average molecular weight is 241 g/mol. The van der Waals surface area contributed by atoms with Crippen LogP contribution in [-0.2, 0) is 9.53 Å². The molecule has 1 atom stereocenters. The summed E-state index contributed by atoms with van der Waals surface area (Å²) in [6.07, 6.45) is 8.32. The van der Waals surface area contributed by atoms with Crippen molar-refractivity contribution in [2.45, 2.75) is 51.9 Å². The van der Waals surface area contributed by atoms with E-state index in [2.05, 4.69) is 6.92 Å². The summed E-state index contributed by atoms with van der Waals surface area (Å²) >= 11 is 0. The Labute approximate surface area is 105 Å². The first-order valence-corrected chi connectivity index (χ1v) is 7.00. The van der Waals surface area contributed by atoms with Gasteiger partial charge in [0.05, 0.1) is 13.0 Å². The zero-order chi connectivity index (χ0) is 12.7. The van der Waals surface area contributed by atoms with E-state index in [-0.39, 0.29) is 11.9 Å². The molecule has 0 radical (unpaired) electrons. The standard InChI is InChI=1S/C14H27NO2/c1-3-4-5-6-11(7-8-15)12-9-13(10-12)14(16)17-2/h11-13H,3-10,15H2,1-2H3. The van der Waals surface area contributed by atoms with Crippen molar-refractivity contribution < 1.29 is 9.53 Å². The third kappa shape index (κ3) is 4.30. The van der Waals surface area contributed by atoms with E-state index in [1.54, 1.807) is 0 Å². The maximum atomic E-state index is 11.3. The first-order valence-electron chi connectivity index (χ1n) is 7.00. The molecule has 3 heteroatoms. The largest absolute Gasteiger partial charge is 0.469 e. The van der Waals surface area contributed by atoms with Crippen LogP contribution in [0.2, 0.25) is 0 Å². The van der Waals surface area contributed by atoms with Gasteiger partial charge in [-0.15, -0.1) is 0 Å². The van der Waals surface area contributed by atoms with Gasteiger partial charge in [-0.25, -0.2) is 0 Å². The van der Waals surface area contributed by atoms with E-state index in [0.717, 1.165) is 31.7 Å². The smallest absolute Gasteiger partial charge is 0.308 e. The number of methoxy groups -OCH3 is 1. The van der Waals surface area contributed by atoms with Crippen LogP contribution in [0.15, 0.2) is 0 Å². The highest BCUT2D eigenvalue weighted by Crippen LogP contribution is 2.42. The molecule has 2 N–H and O–H groups in total. The van der Waals surface area contributed by atoms with Gasteiger partial charge < -0.3 is 10.5 Å². The molecular weight excluding hydrogens is 214 g/mol. The van der Waals surface area contributed by atoms with E-state index in [9.17, 15) is 4.79 Å². The van der Waals surface area contributed by atoms with Gasteiger partial charge in [0.1, 0.15) is 0 Å². The summed E-state index contributed by atoms with van der Waals surface area (Å²) < 4.78 is 4.78. The van der Waals surface area contributed by atoms with Gasteiger partial charge in [-0.1, -0.05) is 32.6 Å². The lowest BCUT2D eigenvalue weighted by Gasteiger charge is -2.39. The van der Waals surface area contributed by atoms with Crippen molar-refractivity contribution in [3.05, 3.63) is 0 Å². The summed E-state index contributed by atoms with van der Waals surface area (Å²) in [5, 5.41) is 0.